The Kier molecular flexibility index (Phi) is 5.52. The van der Waals surface area contributed by atoms with Crippen LogP contribution in [0.25, 0.3) is 0 Å². The van der Waals surface area contributed by atoms with Crippen LogP contribution in [-0.4, -0.2) is 28.1 Å². The van der Waals surface area contributed by atoms with Gasteiger partial charge in [-0.1, -0.05) is 26.0 Å². The number of nitrogens with one attached hydrogen (secondary N) is 1. The Bertz CT molecular complexity index is 471. The number of hydrogen-bond donors (Lipinski definition) is 4. The van der Waals surface area contributed by atoms with Crippen LogP contribution < -0.4 is 11.1 Å². The standard InChI is InChI=1S/C14H20N2O4/c1-8(2)7-11(15)13(18)16-12(14(19)20)9-3-5-10(17)6-4-9/h3-6,8,11-12,17H,7,15H2,1-2H3,(H,16,18)(H,19,20)/t11-,12?/m0/s1. The Morgan fingerprint density at radius 1 is 1.25 bits per heavy atom. The zero-order chi connectivity index (χ0) is 15.3. The van der Waals surface area contributed by atoms with Crippen molar-refractivity contribution in [3.63, 3.8) is 0 Å². The molecule has 0 saturated heterocycles. The normalized spacial score (nSPS) is 13.8. The van der Waals surface area contributed by atoms with Crippen LogP contribution in [-0.2, 0) is 9.59 Å². The highest BCUT2D eigenvalue weighted by Crippen LogP contribution is 2.17. The number of benzene rings is 1. The van der Waals surface area contributed by atoms with Gasteiger partial charge in [0.05, 0.1) is 6.04 Å². The molecule has 1 rings (SSSR count). The van der Waals surface area contributed by atoms with Crippen LogP contribution in [0.5, 0.6) is 5.75 Å². The van der Waals surface area contributed by atoms with Crippen molar-refractivity contribution >= 4 is 11.9 Å². The van der Waals surface area contributed by atoms with Crippen molar-refractivity contribution in [2.75, 3.05) is 0 Å². The molecule has 0 aliphatic heterocycles. The van der Waals surface area contributed by atoms with Crippen molar-refractivity contribution in [3.05, 3.63) is 29.8 Å². The Balaban J connectivity index is 2.80. The lowest BCUT2D eigenvalue weighted by Crippen LogP contribution is -2.44. The predicted molar refractivity (Wildman–Crippen MR) is 74.1 cm³/mol. The number of carbonyl (C=O) groups excluding carboxylic acids is 1. The number of carboxylic acid groups (broad SMARTS) is 1. The first-order valence-corrected chi connectivity index (χ1v) is 6.39. The Hall–Kier alpha value is -2.08. The molecule has 1 unspecified atom stereocenters. The summed E-state index contributed by atoms with van der Waals surface area (Å²) in [5, 5.41) is 20.8. The van der Waals surface area contributed by atoms with Gasteiger partial charge in [-0.15, -0.1) is 0 Å². The molecule has 0 fully saturated rings. The number of amides is 1. The number of carboxylic acids is 1. The van der Waals surface area contributed by atoms with Crippen LogP contribution in [0.4, 0.5) is 0 Å². The third kappa shape index (κ3) is 4.55. The molecule has 0 aromatic heterocycles. The maximum absolute atomic E-state index is 11.9. The first-order chi connectivity index (χ1) is 9.31. The number of phenolic OH excluding ortho intramolecular Hbond substituents is 1. The van der Waals surface area contributed by atoms with Crippen LogP contribution in [0.1, 0.15) is 31.9 Å². The van der Waals surface area contributed by atoms with E-state index in [4.69, 9.17) is 5.73 Å². The minimum Gasteiger partial charge on any atom is -0.508 e. The molecule has 1 aromatic carbocycles. The highest BCUT2D eigenvalue weighted by molar-refractivity contribution is 5.87. The second kappa shape index (κ2) is 6.91. The quantitative estimate of drug-likeness (QED) is 0.621. The van der Waals surface area contributed by atoms with Gasteiger partial charge in [-0.05, 0) is 30.0 Å². The molecule has 0 spiro atoms. The average Bonchev–Trinajstić information content (AvgIpc) is 2.35. The molecule has 0 aliphatic carbocycles. The lowest BCUT2D eigenvalue weighted by molar-refractivity contribution is -0.142. The lowest BCUT2D eigenvalue weighted by Gasteiger charge is -2.19. The Morgan fingerprint density at radius 3 is 2.25 bits per heavy atom. The molecular formula is C14H20N2O4. The van der Waals surface area contributed by atoms with E-state index in [2.05, 4.69) is 5.32 Å². The second-order valence-electron chi connectivity index (χ2n) is 5.11. The van der Waals surface area contributed by atoms with E-state index in [0.717, 1.165) is 0 Å². The fourth-order valence-corrected chi connectivity index (χ4v) is 1.82. The summed E-state index contributed by atoms with van der Waals surface area (Å²) >= 11 is 0. The highest BCUT2D eigenvalue weighted by atomic mass is 16.4. The fraction of sp³-hybridized carbons (Fsp3) is 0.429. The van der Waals surface area contributed by atoms with Crippen LogP contribution in [0.3, 0.4) is 0 Å². The van der Waals surface area contributed by atoms with Gasteiger partial charge in [0.2, 0.25) is 5.91 Å². The fourth-order valence-electron chi connectivity index (χ4n) is 1.82. The van der Waals surface area contributed by atoms with Crippen LogP contribution in [0.2, 0.25) is 0 Å². The molecule has 20 heavy (non-hydrogen) atoms. The Morgan fingerprint density at radius 2 is 1.80 bits per heavy atom. The summed E-state index contributed by atoms with van der Waals surface area (Å²) in [4.78, 5) is 23.1. The van der Waals surface area contributed by atoms with Crippen molar-refractivity contribution in [1.29, 1.82) is 0 Å². The third-order valence-electron chi connectivity index (χ3n) is 2.82. The maximum atomic E-state index is 11.9. The third-order valence-corrected chi connectivity index (χ3v) is 2.82. The van der Waals surface area contributed by atoms with Gasteiger partial charge in [-0.25, -0.2) is 4.79 Å². The first kappa shape index (κ1) is 16.0. The monoisotopic (exact) mass is 280 g/mol. The molecule has 0 aliphatic rings. The van der Waals surface area contributed by atoms with Gasteiger partial charge in [0.1, 0.15) is 5.75 Å². The summed E-state index contributed by atoms with van der Waals surface area (Å²) in [6, 6.07) is 3.71. The molecule has 1 amide bonds. The zero-order valence-electron chi connectivity index (χ0n) is 11.5. The van der Waals surface area contributed by atoms with Gasteiger partial charge in [-0.2, -0.15) is 0 Å². The smallest absolute Gasteiger partial charge is 0.330 e. The zero-order valence-corrected chi connectivity index (χ0v) is 11.5. The van der Waals surface area contributed by atoms with Gasteiger partial charge in [-0.3, -0.25) is 4.79 Å². The molecule has 2 atom stereocenters. The largest absolute Gasteiger partial charge is 0.508 e. The molecule has 0 heterocycles. The van der Waals surface area contributed by atoms with Gasteiger partial charge in [0, 0.05) is 0 Å². The number of rotatable bonds is 6. The van der Waals surface area contributed by atoms with Crippen molar-refractivity contribution in [2.45, 2.75) is 32.4 Å². The second-order valence-corrected chi connectivity index (χ2v) is 5.11. The maximum Gasteiger partial charge on any atom is 0.330 e. The van der Waals surface area contributed by atoms with Crippen LogP contribution in [0.15, 0.2) is 24.3 Å². The van der Waals surface area contributed by atoms with Crippen LogP contribution >= 0.6 is 0 Å². The summed E-state index contributed by atoms with van der Waals surface area (Å²) < 4.78 is 0. The molecule has 5 N–H and O–H groups in total. The number of aliphatic carboxylic acids is 1. The first-order valence-electron chi connectivity index (χ1n) is 6.39. The molecule has 6 nitrogen and oxygen atoms in total. The van der Waals surface area contributed by atoms with E-state index in [1.165, 1.54) is 24.3 Å². The van der Waals surface area contributed by atoms with Gasteiger partial charge >= 0.3 is 5.97 Å². The topological polar surface area (TPSA) is 113 Å². The van der Waals surface area contributed by atoms with Gasteiger partial charge in [0.15, 0.2) is 6.04 Å². The van der Waals surface area contributed by atoms with Crippen LogP contribution in [0, 0.1) is 5.92 Å². The van der Waals surface area contributed by atoms with E-state index in [9.17, 15) is 19.8 Å². The average molecular weight is 280 g/mol. The summed E-state index contributed by atoms with van der Waals surface area (Å²) in [6.07, 6.45) is 0.480. The SMILES string of the molecule is CC(C)C[C@H](N)C(=O)NC(C(=O)O)c1ccc(O)cc1. The molecule has 0 saturated carbocycles. The summed E-state index contributed by atoms with van der Waals surface area (Å²) in [5.74, 6) is -1.41. The minimum atomic E-state index is -1.18. The lowest BCUT2D eigenvalue weighted by atomic mass is 10.0. The number of phenols is 1. The number of aromatic hydroxyl groups is 1. The van der Waals surface area contributed by atoms with E-state index in [0.29, 0.717) is 12.0 Å². The van der Waals surface area contributed by atoms with Gasteiger partial charge in [0.25, 0.3) is 0 Å². The molecular weight excluding hydrogens is 260 g/mol. The molecule has 0 radical (unpaired) electrons. The molecule has 6 heteroatoms. The summed E-state index contributed by atoms with van der Waals surface area (Å²) in [5.41, 5.74) is 6.10. The molecule has 0 bridgehead atoms. The summed E-state index contributed by atoms with van der Waals surface area (Å²) in [6.45, 7) is 3.86. The van der Waals surface area contributed by atoms with E-state index >= 15 is 0 Å². The van der Waals surface area contributed by atoms with Crippen molar-refractivity contribution in [2.24, 2.45) is 11.7 Å². The van der Waals surface area contributed by atoms with Crippen molar-refractivity contribution in [3.8, 4) is 5.75 Å². The Labute approximate surface area is 117 Å². The predicted octanol–water partition coefficient (Wildman–Crippen LogP) is 1.01. The van der Waals surface area contributed by atoms with Crippen molar-refractivity contribution < 1.29 is 19.8 Å². The molecule has 110 valence electrons. The van der Waals surface area contributed by atoms with Crippen molar-refractivity contribution in [1.82, 2.24) is 5.32 Å². The number of carbonyl (C=O) groups is 2. The molecule has 1 aromatic rings. The van der Waals surface area contributed by atoms with E-state index in [1.54, 1.807) is 0 Å². The highest BCUT2D eigenvalue weighted by Gasteiger charge is 2.25. The van der Waals surface area contributed by atoms with Gasteiger partial charge < -0.3 is 21.3 Å². The number of hydrogen-bond acceptors (Lipinski definition) is 4. The minimum absolute atomic E-state index is 0.0284. The van der Waals surface area contributed by atoms with E-state index < -0.39 is 24.0 Å². The van der Waals surface area contributed by atoms with E-state index in [-0.39, 0.29) is 11.7 Å². The summed E-state index contributed by atoms with van der Waals surface area (Å²) in [7, 11) is 0. The number of nitrogens with two attached hydrogens (primary N) is 1. The van der Waals surface area contributed by atoms with E-state index in [1.807, 2.05) is 13.8 Å².